The Kier molecular flexibility index (Phi) is 7.85. The van der Waals surface area contributed by atoms with Crippen LogP contribution in [0.15, 0.2) is 78.0 Å². The molecule has 8 heteroatoms. The summed E-state index contributed by atoms with van der Waals surface area (Å²) in [4.78, 5) is 24.4. The fourth-order valence-corrected chi connectivity index (χ4v) is 4.43. The number of amides is 1. The number of thioether (sulfide) groups is 1. The Morgan fingerprint density at radius 2 is 1.44 bits per heavy atom. The number of carbonyl (C=O) groups is 2. The van der Waals surface area contributed by atoms with Crippen molar-refractivity contribution in [3.8, 4) is 5.69 Å². The molecule has 1 atom stereocenters. The number of carbonyl (C=O) groups excluding carboxylic acids is 2. The molecule has 184 valence electrons. The Bertz CT molecular complexity index is 1350. The first-order valence-corrected chi connectivity index (χ1v) is 12.6. The predicted molar refractivity (Wildman–Crippen MR) is 145 cm³/mol. The zero-order valence-corrected chi connectivity index (χ0v) is 21.6. The van der Waals surface area contributed by atoms with Crippen LogP contribution in [-0.4, -0.2) is 31.7 Å². The minimum absolute atomic E-state index is 0.0140. The zero-order valence-electron chi connectivity index (χ0n) is 20.8. The maximum atomic E-state index is 12.9. The number of aromatic nitrogens is 3. The molecule has 0 saturated carbocycles. The maximum absolute atomic E-state index is 12.9. The molecule has 0 aliphatic rings. The number of nitrogens with one attached hydrogen (secondary N) is 2. The van der Waals surface area contributed by atoms with Gasteiger partial charge in [0.2, 0.25) is 5.91 Å². The van der Waals surface area contributed by atoms with E-state index in [-0.39, 0.29) is 11.7 Å². The van der Waals surface area contributed by atoms with Crippen molar-refractivity contribution in [3.63, 3.8) is 0 Å². The van der Waals surface area contributed by atoms with Crippen LogP contribution >= 0.6 is 11.8 Å². The van der Waals surface area contributed by atoms with Crippen LogP contribution in [0, 0.1) is 13.8 Å². The molecule has 7 nitrogen and oxygen atoms in total. The lowest BCUT2D eigenvalue weighted by atomic mass is 10.1. The second kappa shape index (κ2) is 11.2. The predicted octanol–water partition coefficient (Wildman–Crippen LogP) is 5.82. The number of hydrogen-bond acceptors (Lipinski definition) is 6. The van der Waals surface area contributed by atoms with Crippen molar-refractivity contribution in [2.45, 2.75) is 44.6 Å². The molecule has 0 radical (unpaired) electrons. The molecule has 3 aromatic carbocycles. The van der Waals surface area contributed by atoms with Crippen LogP contribution in [0.2, 0.25) is 0 Å². The number of hydrogen-bond donors (Lipinski definition) is 2. The summed E-state index contributed by atoms with van der Waals surface area (Å²) in [5.41, 5.74) is 5.53. The molecule has 0 fully saturated rings. The Morgan fingerprint density at radius 3 is 2.06 bits per heavy atom. The minimum Gasteiger partial charge on any atom is -0.378 e. The fraction of sp³-hybridized carbons (Fsp3) is 0.214. The molecule has 0 aliphatic heterocycles. The number of nitrogens with zero attached hydrogens (tertiary/aromatic N) is 3. The van der Waals surface area contributed by atoms with E-state index in [1.54, 1.807) is 24.3 Å². The van der Waals surface area contributed by atoms with E-state index in [1.807, 2.05) is 54.8 Å². The summed E-state index contributed by atoms with van der Waals surface area (Å²) in [5, 5.41) is 15.4. The molecule has 4 rings (SSSR count). The van der Waals surface area contributed by atoms with Crippen molar-refractivity contribution in [3.05, 3.63) is 95.3 Å². The topological polar surface area (TPSA) is 88.9 Å². The highest BCUT2D eigenvalue weighted by Crippen LogP contribution is 2.27. The summed E-state index contributed by atoms with van der Waals surface area (Å²) in [5.74, 6) is 0.572. The van der Waals surface area contributed by atoms with Gasteiger partial charge in [0.1, 0.15) is 0 Å². The van der Waals surface area contributed by atoms with Gasteiger partial charge in [0.25, 0.3) is 0 Å². The second-order valence-corrected chi connectivity index (χ2v) is 9.98. The number of rotatable bonds is 9. The molecule has 0 unspecified atom stereocenters. The molecule has 2 N–H and O–H groups in total. The molecule has 4 aromatic rings. The first-order chi connectivity index (χ1) is 17.3. The van der Waals surface area contributed by atoms with Crippen molar-refractivity contribution in [1.82, 2.24) is 14.8 Å². The Hall–Kier alpha value is -3.91. The lowest BCUT2D eigenvalue weighted by Gasteiger charge is -2.15. The highest BCUT2D eigenvalue weighted by Gasteiger charge is 2.21. The summed E-state index contributed by atoms with van der Waals surface area (Å²) >= 11 is 1.34. The van der Waals surface area contributed by atoms with Crippen molar-refractivity contribution in [2.75, 3.05) is 10.6 Å². The average Bonchev–Trinajstić information content (AvgIpc) is 3.26. The van der Waals surface area contributed by atoms with E-state index in [1.165, 1.54) is 24.2 Å². The number of benzene rings is 3. The number of anilines is 2. The van der Waals surface area contributed by atoms with Gasteiger partial charge in [-0.25, -0.2) is 0 Å². The van der Waals surface area contributed by atoms with Gasteiger partial charge in [-0.1, -0.05) is 47.2 Å². The molecule has 1 aromatic heterocycles. The van der Waals surface area contributed by atoms with E-state index in [0.29, 0.717) is 23.0 Å². The normalized spacial score (nSPS) is 11.7. The monoisotopic (exact) mass is 499 g/mol. The van der Waals surface area contributed by atoms with Crippen LogP contribution in [0.25, 0.3) is 5.69 Å². The van der Waals surface area contributed by atoms with E-state index < -0.39 is 5.25 Å². The van der Waals surface area contributed by atoms with Gasteiger partial charge < -0.3 is 10.6 Å². The van der Waals surface area contributed by atoms with Crippen LogP contribution < -0.4 is 10.6 Å². The van der Waals surface area contributed by atoms with E-state index in [0.717, 1.165) is 22.8 Å². The molecule has 1 heterocycles. The van der Waals surface area contributed by atoms with Gasteiger partial charge in [0.05, 0.1) is 11.8 Å². The summed E-state index contributed by atoms with van der Waals surface area (Å²) < 4.78 is 1.98. The van der Waals surface area contributed by atoms with E-state index in [4.69, 9.17) is 0 Å². The first-order valence-electron chi connectivity index (χ1n) is 11.7. The summed E-state index contributed by atoms with van der Waals surface area (Å²) in [7, 11) is 0. The largest absolute Gasteiger partial charge is 0.378 e. The molecular weight excluding hydrogens is 470 g/mol. The third-order valence-corrected chi connectivity index (χ3v) is 6.75. The molecule has 36 heavy (non-hydrogen) atoms. The van der Waals surface area contributed by atoms with E-state index >= 15 is 0 Å². The third-order valence-electron chi connectivity index (χ3n) is 5.71. The van der Waals surface area contributed by atoms with Gasteiger partial charge in [-0.05, 0) is 76.2 Å². The minimum atomic E-state index is -0.427. The fourth-order valence-electron chi connectivity index (χ4n) is 3.54. The van der Waals surface area contributed by atoms with Crippen LogP contribution in [0.5, 0.6) is 0 Å². The Labute approximate surface area is 215 Å². The highest BCUT2D eigenvalue weighted by molar-refractivity contribution is 8.00. The van der Waals surface area contributed by atoms with Gasteiger partial charge in [-0.3, -0.25) is 14.2 Å². The van der Waals surface area contributed by atoms with Gasteiger partial charge in [0, 0.05) is 22.6 Å². The average molecular weight is 500 g/mol. The lowest BCUT2D eigenvalue weighted by molar-refractivity contribution is -0.115. The number of Topliss-reactive ketones (excluding diaryl/α,β-unsaturated/α-hetero) is 1. The van der Waals surface area contributed by atoms with E-state index in [9.17, 15) is 9.59 Å². The van der Waals surface area contributed by atoms with Gasteiger partial charge in [-0.15, -0.1) is 10.2 Å². The van der Waals surface area contributed by atoms with E-state index in [2.05, 4.69) is 39.9 Å². The van der Waals surface area contributed by atoms with Crippen LogP contribution in [0.1, 0.15) is 41.2 Å². The molecule has 0 spiro atoms. The zero-order chi connectivity index (χ0) is 25.7. The first kappa shape index (κ1) is 25.2. The standard InChI is InChI=1S/C28H29N5O2S/c1-18-5-11-23(12-6-18)29-17-26-31-32-28(33(26)25-15-7-19(2)8-16-25)36-21(4)27(35)30-24-13-9-22(10-14-24)20(3)34/h5-16,21,29H,17H2,1-4H3,(H,30,35)/t21-/m1/s1. The van der Waals surface area contributed by atoms with Crippen molar-refractivity contribution < 1.29 is 9.59 Å². The van der Waals surface area contributed by atoms with Gasteiger partial charge in [-0.2, -0.15) is 0 Å². The quantitative estimate of drug-likeness (QED) is 0.223. The number of aryl methyl sites for hydroxylation is 2. The number of ketones is 1. The third kappa shape index (κ3) is 6.20. The van der Waals surface area contributed by atoms with Gasteiger partial charge in [0.15, 0.2) is 16.8 Å². The van der Waals surface area contributed by atoms with Crippen LogP contribution in [0.4, 0.5) is 11.4 Å². The molecular formula is C28H29N5O2S. The smallest absolute Gasteiger partial charge is 0.237 e. The molecule has 0 aliphatic carbocycles. The maximum Gasteiger partial charge on any atom is 0.237 e. The molecule has 0 saturated heterocycles. The summed E-state index contributed by atoms with van der Waals surface area (Å²) in [6.07, 6.45) is 0. The summed E-state index contributed by atoms with van der Waals surface area (Å²) in [6.45, 7) is 7.93. The highest BCUT2D eigenvalue weighted by atomic mass is 32.2. The lowest BCUT2D eigenvalue weighted by Crippen LogP contribution is -2.23. The molecule has 1 amide bonds. The second-order valence-electron chi connectivity index (χ2n) is 8.67. The SMILES string of the molecule is CC(=O)c1ccc(NC(=O)[C@@H](C)Sc2nnc(CNc3ccc(C)cc3)n2-c2ccc(C)cc2)cc1. The van der Waals surface area contributed by atoms with Crippen molar-refractivity contribution in [1.29, 1.82) is 0 Å². The molecule has 0 bridgehead atoms. The Balaban J connectivity index is 1.52. The van der Waals surface area contributed by atoms with Gasteiger partial charge >= 0.3 is 0 Å². The Morgan fingerprint density at radius 1 is 0.861 bits per heavy atom. The van der Waals surface area contributed by atoms with Crippen molar-refractivity contribution in [2.24, 2.45) is 0 Å². The summed E-state index contributed by atoms with van der Waals surface area (Å²) in [6, 6.07) is 23.2. The van der Waals surface area contributed by atoms with Crippen LogP contribution in [-0.2, 0) is 11.3 Å². The van der Waals surface area contributed by atoms with Crippen molar-refractivity contribution >= 4 is 34.8 Å². The van der Waals surface area contributed by atoms with Crippen LogP contribution in [0.3, 0.4) is 0 Å².